The normalized spacial score (nSPS) is 16.3. The summed E-state index contributed by atoms with van der Waals surface area (Å²) in [5.41, 5.74) is 11.1. The Balaban J connectivity index is 2.91. The molecule has 1 aromatic rings. The van der Waals surface area contributed by atoms with Crippen LogP contribution >= 0.6 is 0 Å². The summed E-state index contributed by atoms with van der Waals surface area (Å²) in [6.45, 7) is 10.4. The van der Waals surface area contributed by atoms with E-state index in [1.165, 1.54) is 16.7 Å². The van der Waals surface area contributed by atoms with Gasteiger partial charge in [-0.1, -0.05) is 31.5 Å². The Labute approximate surface area is 113 Å². The van der Waals surface area contributed by atoms with Gasteiger partial charge in [-0.3, -0.25) is 4.21 Å². The summed E-state index contributed by atoms with van der Waals surface area (Å²) in [4.78, 5) is 0. The summed E-state index contributed by atoms with van der Waals surface area (Å²) in [7, 11) is -0.842. The molecule has 3 heteroatoms. The first-order chi connectivity index (χ1) is 8.36. The molecule has 0 aliphatic heterocycles. The summed E-state index contributed by atoms with van der Waals surface area (Å²) >= 11 is 0. The van der Waals surface area contributed by atoms with Crippen LogP contribution < -0.4 is 5.73 Å². The van der Waals surface area contributed by atoms with E-state index in [2.05, 4.69) is 39.8 Å². The second-order valence-corrected chi connectivity index (χ2v) is 7.08. The predicted octanol–water partition coefficient (Wildman–Crippen LogP) is 3.16. The van der Waals surface area contributed by atoms with Crippen molar-refractivity contribution in [3.05, 3.63) is 34.4 Å². The quantitative estimate of drug-likeness (QED) is 0.890. The van der Waals surface area contributed by atoms with Crippen LogP contribution in [0, 0.1) is 20.8 Å². The minimum Gasteiger partial charge on any atom is -0.323 e. The third kappa shape index (κ3) is 3.66. The van der Waals surface area contributed by atoms with Crippen LogP contribution in [-0.4, -0.2) is 15.2 Å². The average molecular weight is 267 g/mol. The number of nitrogens with two attached hydrogens (primary N) is 1. The molecular weight excluding hydrogens is 242 g/mol. The van der Waals surface area contributed by atoms with E-state index in [9.17, 15) is 4.21 Å². The average Bonchev–Trinajstić information content (AvgIpc) is 2.26. The van der Waals surface area contributed by atoms with Crippen molar-refractivity contribution < 1.29 is 4.21 Å². The van der Waals surface area contributed by atoms with Gasteiger partial charge in [0.2, 0.25) is 0 Å². The molecule has 18 heavy (non-hydrogen) atoms. The third-order valence-electron chi connectivity index (χ3n) is 3.48. The van der Waals surface area contributed by atoms with Crippen LogP contribution in [0.3, 0.4) is 0 Å². The highest BCUT2D eigenvalue weighted by Gasteiger charge is 2.18. The van der Waals surface area contributed by atoms with Gasteiger partial charge in [0, 0.05) is 27.8 Å². The van der Waals surface area contributed by atoms with Gasteiger partial charge in [-0.15, -0.1) is 0 Å². The molecule has 3 unspecified atom stereocenters. The van der Waals surface area contributed by atoms with Crippen molar-refractivity contribution in [2.75, 3.05) is 5.75 Å². The fourth-order valence-electron chi connectivity index (χ4n) is 2.39. The first-order valence-electron chi connectivity index (χ1n) is 6.57. The number of hydrogen-bond acceptors (Lipinski definition) is 2. The number of aryl methyl sites for hydroxylation is 3. The number of hydrogen-bond donors (Lipinski definition) is 1. The van der Waals surface area contributed by atoms with Crippen molar-refractivity contribution in [2.45, 2.75) is 52.3 Å². The van der Waals surface area contributed by atoms with Gasteiger partial charge < -0.3 is 5.73 Å². The van der Waals surface area contributed by atoms with E-state index in [0.29, 0.717) is 5.75 Å². The second-order valence-electron chi connectivity index (χ2n) is 5.19. The molecule has 0 saturated heterocycles. The van der Waals surface area contributed by atoms with Crippen LogP contribution in [0.1, 0.15) is 48.6 Å². The summed E-state index contributed by atoms with van der Waals surface area (Å²) in [5, 5.41) is 0.224. The summed E-state index contributed by atoms with van der Waals surface area (Å²) in [6, 6.07) is 4.17. The molecule has 0 aliphatic carbocycles. The molecule has 0 radical (unpaired) electrons. The Morgan fingerprint density at radius 2 is 1.72 bits per heavy atom. The summed E-state index contributed by atoms with van der Waals surface area (Å²) in [6.07, 6.45) is 0.936. The lowest BCUT2D eigenvalue weighted by Gasteiger charge is -2.19. The van der Waals surface area contributed by atoms with E-state index in [1.807, 2.05) is 6.92 Å². The SMILES string of the molecule is CCC(C)S(=O)CC(N)c1c(C)cc(C)cc1C. The zero-order valence-corrected chi connectivity index (χ0v) is 12.9. The molecule has 0 fully saturated rings. The van der Waals surface area contributed by atoms with E-state index in [4.69, 9.17) is 5.73 Å². The van der Waals surface area contributed by atoms with Crippen molar-refractivity contribution >= 4 is 10.8 Å². The molecule has 1 rings (SSSR count). The van der Waals surface area contributed by atoms with Crippen molar-refractivity contribution in [3.8, 4) is 0 Å². The van der Waals surface area contributed by atoms with Crippen LogP contribution in [0.25, 0.3) is 0 Å². The van der Waals surface area contributed by atoms with Crippen LogP contribution in [0.15, 0.2) is 12.1 Å². The van der Waals surface area contributed by atoms with Gasteiger partial charge in [-0.25, -0.2) is 0 Å². The third-order valence-corrected chi connectivity index (χ3v) is 5.39. The van der Waals surface area contributed by atoms with Crippen LogP contribution in [-0.2, 0) is 10.8 Å². The summed E-state index contributed by atoms with van der Waals surface area (Å²) < 4.78 is 12.1. The number of rotatable bonds is 5. The molecule has 2 N–H and O–H groups in total. The topological polar surface area (TPSA) is 43.1 Å². The van der Waals surface area contributed by atoms with Crippen molar-refractivity contribution in [1.29, 1.82) is 0 Å². The Kier molecular flexibility index (Phi) is 5.54. The molecule has 0 saturated carbocycles. The lowest BCUT2D eigenvalue weighted by molar-refractivity contribution is 0.661. The largest absolute Gasteiger partial charge is 0.323 e. The molecule has 0 bridgehead atoms. The second kappa shape index (κ2) is 6.48. The van der Waals surface area contributed by atoms with Crippen molar-refractivity contribution in [2.24, 2.45) is 5.73 Å². The first-order valence-corrected chi connectivity index (χ1v) is 7.95. The Morgan fingerprint density at radius 1 is 1.22 bits per heavy atom. The van der Waals surface area contributed by atoms with E-state index < -0.39 is 10.8 Å². The predicted molar refractivity (Wildman–Crippen MR) is 80.3 cm³/mol. The van der Waals surface area contributed by atoms with Gasteiger partial charge in [-0.05, 0) is 43.9 Å². The van der Waals surface area contributed by atoms with Crippen LogP contribution in [0.5, 0.6) is 0 Å². The maximum atomic E-state index is 12.1. The minimum atomic E-state index is -0.842. The van der Waals surface area contributed by atoms with Crippen LogP contribution in [0.4, 0.5) is 0 Å². The van der Waals surface area contributed by atoms with Crippen molar-refractivity contribution in [1.82, 2.24) is 0 Å². The fourth-order valence-corrected chi connectivity index (χ4v) is 3.61. The smallest absolute Gasteiger partial charge is 0.0431 e. The molecular formula is C15H25NOS. The van der Waals surface area contributed by atoms with Gasteiger partial charge in [-0.2, -0.15) is 0 Å². The molecule has 0 heterocycles. The van der Waals surface area contributed by atoms with Crippen molar-refractivity contribution in [3.63, 3.8) is 0 Å². The molecule has 0 aromatic heterocycles. The maximum absolute atomic E-state index is 12.1. The zero-order valence-electron chi connectivity index (χ0n) is 12.1. The van der Waals surface area contributed by atoms with Gasteiger partial charge in [0.15, 0.2) is 0 Å². The van der Waals surface area contributed by atoms with E-state index in [-0.39, 0.29) is 11.3 Å². The van der Waals surface area contributed by atoms with Gasteiger partial charge in [0.25, 0.3) is 0 Å². The molecule has 0 aliphatic rings. The first kappa shape index (κ1) is 15.4. The molecule has 0 spiro atoms. The monoisotopic (exact) mass is 267 g/mol. The highest BCUT2D eigenvalue weighted by atomic mass is 32.2. The highest BCUT2D eigenvalue weighted by Crippen LogP contribution is 2.23. The fraction of sp³-hybridized carbons (Fsp3) is 0.600. The number of benzene rings is 1. The minimum absolute atomic E-state index is 0.125. The maximum Gasteiger partial charge on any atom is 0.0431 e. The van der Waals surface area contributed by atoms with E-state index in [0.717, 1.165) is 12.0 Å². The summed E-state index contributed by atoms with van der Waals surface area (Å²) in [5.74, 6) is 0.555. The van der Waals surface area contributed by atoms with E-state index in [1.54, 1.807) is 0 Å². The van der Waals surface area contributed by atoms with Crippen LogP contribution in [0.2, 0.25) is 0 Å². The standard InChI is InChI=1S/C15H25NOS/c1-6-13(5)18(17)9-14(16)15-11(3)7-10(2)8-12(15)4/h7-8,13-14H,6,9,16H2,1-5H3. The Morgan fingerprint density at radius 3 is 2.17 bits per heavy atom. The van der Waals surface area contributed by atoms with E-state index >= 15 is 0 Å². The zero-order chi connectivity index (χ0) is 13.9. The molecule has 1 aromatic carbocycles. The Hall–Kier alpha value is -0.670. The lowest BCUT2D eigenvalue weighted by Crippen LogP contribution is -2.24. The van der Waals surface area contributed by atoms with Gasteiger partial charge in [0.05, 0.1) is 0 Å². The molecule has 102 valence electrons. The van der Waals surface area contributed by atoms with Gasteiger partial charge in [0.1, 0.15) is 0 Å². The van der Waals surface area contributed by atoms with Gasteiger partial charge >= 0.3 is 0 Å². The molecule has 2 nitrogen and oxygen atoms in total. The molecule has 0 amide bonds. The highest BCUT2D eigenvalue weighted by molar-refractivity contribution is 7.85. The molecule has 3 atom stereocenters. The lowest BCUT2D eigenvalue weighted by atomic mass is 9.95. The Bertz CT molecular complexity index is 419.